The van der Waals surface area contributed by atoms with Gasteiger partial charge in [0.15, 0.2) is 0 Å². The van der Waals surface area contributed by atoms with Gasteiger partial charge in [0.05, 0.1) is 6.10 Å². The van der Waals surface area contributed by atoms with Crippen LogP contribution in [0.5, 0.6) is 0 Å². The quantitative estimate of drug-likeness (QED) is 0.797. The Morgan fingerprint density at radius 1 is 1.24 bits per heavy atom. The molecule has 0 aliphatic carbocycles. The average molecular weight is 241 g/mol. The molecule has 2 atom stereocenters. The van der Waals surface area contributed by atoms with Gasteiger partial charge in [0, 0.05) is 38.8 Å². The number of hydrogen-bond donors (Lipinski definition) is 1. The second kappa shape index (κ2) is 6.69. The van der Waals surface area contributed by atoms with Crippen LogP contribution in [0, 0.1) is 0 Å². The van der Waals surface area contributed by atoms with Gasteiger partial charge in [-0.3, -0.25) is 5.43 Å². The fraction of sp³-hybridized carbons (Fsp3) is 1.00. The van der Waals surface area contributed by atoms with Crippen molar-refractivity contribution >= 4 is 0 Å². The van der Waals surface area contributed by atoms with Gasteiger partial charge >= 0.3 is 0 Å². The summed E-state index contributed by atoms with van der Waals surface area (Å²) in [7, 11) is 2.20. The Hall–Kier alpha value is -0.160. The zero-order valence-electron chi connectivity index (χ0n) is 11.3. The number of rotatable bonds is 4. The molecule has 4 heteroatoms. The molecular weight excluding hydrogens is 214 g/mol. The second-order valence-corrected chi connectivity index (χ2v) is 5.42. The molecule has 2 heterocycles. The van der Waals surface area contributed by atoms with E-state index in [9.17, 15) is 0 Å². The molecule has 2 aliphatic rings. The van der Waals surface area contributed by atoms with Gasteiger partial charge in [0.2, 0.25) is 0 Å². The number of nitrogens with zero attached hydrogens (tertiary/aromatic N) is 2. The number of ether oxygens (including phenoxy) is 1. The zero-order valence-corrected chi connectivity index (χ0v) is 11.3. The van der Waals surface area contributed by atoms with Gasteiger partial charge in [-0.25, -0.2) is 5.01 Å². The molecule has 0 saturated carbocycles. The first-order chi connectivity index (χ1) is 8.28. The zero-order chi connectivity index (χ0) is 12.1. The van der Waals surface area contributed by atoms with Crippen molar-refractivity contribution < 1.29 is 4.74 Å². The van der Waals surface area contributed by atoms with Crippen molar-refractivity contribution in [3.05, 3.63) is 0 Å². The Balaban J connectivity index is 1.71. The van der Waals surface area contributed by atoms with Gasteiger partial charge in [0.1, 0.15) is 0 Å². The Morgan fingerprint density at radius 2 is 2.00 bits per heavy atom. The number of piperazine rings is 1. The summed E-state index contributed by atoms with van der Waals surface area (Å²) in [6, 6.07) is 0.628. The van der Waals surface area contributed by atoms with E-state index in [0.717, 1.165) is 26.1 Å². The molecule has 0 amide bonds. The van der Waals surface area contributed by atoms with Crippen molar-refractivity contribution in [2.75, 3.05) is 39.8 Å². The molecule has 0 spiro atoms. The molecule has 2 saturated heterocycles. The second-order valence-electron chi connectivity index (χ2n) is 5.42. The minimum atomic E-state index is 0.485. The van der Waals surface area contributed by atoms with Crippen LogP contribution in [-0.4, -0.2) is 61.9 Å². The molecule has 2 unspecified atom stereocenters. The number of hydrogen-bond acceptors (Lipinski definition) is 4. The Morgan fingerprint density at radius 3 is 2.71 bits per heavy atom. The van der Waals surface area contributed by atoms with E-state index in [1.54, 1.807) is 0 Å². The molecule has 100 valence electrons. The lowest BCUT2D eigenvalue weighted by Gasteiger charge is -2.38. The predicted molar refractivity (Wildman–Crippen MR) is 69.9 cm³/mol. The van der Waals surface area contributed by atoms with Gasteiger partial charge < -0.3 is 9.64 Å². The summed E-state index contributed by atoms with van der Waals surface area (Å²) in [5, 5.41) is 2.40. The molecule has 2 rings (SSSR count). The Labute approximate surface area is 105 Å². The molecule has 0 radical (unpaired) electrons. The lowest BCUT2D eigenvalue weighted by molar-refractivity contribution is -0.0241. The highest BCUT2D eigenvalue weighted by Crippen LogP contribution is 2.18. The molecule has 0 aromatic carbocycles. The molecule has 17 heavy (non-hydrogen) atoms. The summed E-state index contributed by atoms with van der Waals surface area (Å²) in [6.07, 6.45) is 5.26. The smallest absolute Gasteiger partial charge is 0.0590 e. The predicted octanol–water partition coefficient (Wildman–Crippen LogP) is 1.09. The van der Waals surface area contributed by atoms with Gasteiger partial charge in [-0.05, 0) is 26.3 Å². The highest BCUT2D eigenvalue weighted by molar-refractivity contribution is 4.77. The third kappa shape index (κ3) is 4.21. The Kier molecular flexibility index (Phi) is 5.22. The van der Waals surface area contributed by atoms with Crippen LogP contribution in [-0.2, 0) is 4.74 Å². The first-order valence-electron chi connectivity index (χ1n) is 7.09. The van der Waals surface area contributed by atoms with Crippen LogP contribution < -0.4 is 5.43 Å². The van der Waals surface area contributed by atoms with E-state index in [0.29, 0.717) is 12.1 Å². The topological polar surface area (TPSA) is 27.7 Å². The number of nitrogens with one attached hydrogen (secondary N) is 1. The lowest BCUT2D eigenvalue weighted by atomic mass is 10.0. The van der Waals surface area contributed by atoms with Crippen molar-refractivity contribution in [2.45, 2.75) is 44.8 Å². The van der Waals surface area contributed by atoms with Crippen LogP contribution in [0.4, 0.5) is 0 Å². The summed E-state index contributed by atoms with van der Waals surface area (Å²) < 4.78 is 5.79. The largest absolute Gasteiger partial charge is 0.378 e. The highest BCUT2D eigenvalue weighted by atomic mass is 16.5. The third-order valence-corrected chi connectivity index (χ3v) is 3.85. The van der Waals surface area contributed by atoms with Crippen LogP contribution in [0.3, 0.4) is 0 Å². The average Bonchev–Trinajstić information content (AvgIpc) is 2.33. The fourth-order valence-electron chi connectivity index (χ4n) is 2.71. The van der Waals surface area contributed by atoms with Crippen molar-refractivity contribution in [3.8, 4) is 0 Å². The molecule has 4 nitrogen and oxygen atoms in total. The molecule has 1 N–H and O–H groups in total. The minimum absolute atomic E-state index is 0.485. The lowest BCUT2D eigenvalue weighted by Crippen LogP contribution is -2.55. The number of likely N-dealkylation sites (N-methyl/N-ethyl adjacent to an activating group) is 1. The molecule has 0 bridgehead atoms. The Bertz CT molecular complexity index is 215. The summed E-state index contributed by atoms with van der Waals surface area (Å²) in [5.41, 5.74) is 3.69. The van der Waals surface area contributed by atoms with Gasteiger partial charge in [-0.15, -0.1) is 0 Å². The summed E-state index contributed by atoms with van der Waals surface area (Å²) in [6.45, 7) is 7.80. The third-order valence-electron chi connectivity index (χ3n) is 3.85. The van der Waals surface area contributed by atoms with Crippen LogP contribution in [0.1, 0.15) is 32.6 Å². The SMILES string of the molecule is CCCC1CC(NN2CCN(C)CC2)CCO1. The summed E-state index contributed by atoms with van der Waals surface area (Å²) in [5.74, 6) is 0. The van der Waals surface area contributed by atoms with Crippen LogP contribution in [0.25, 0.3) is 0 Å². The highest BCUT2D eigenvalue weighted by Gasteiger charge is 2.24. The van der Waals surface area contributed by atoms with Gasteiger partial charge in [-0.2, -0.15) is 0 Å². The van der Waals surface area contributed by atoms with Crippen LogP contribution in [0.2, 0.25) is 0 Å². The van der Waals surface area contributed by atoms with E-state index in [4.69, 9.17) is 4.74 Å². The minimum Gasteiger partial charge on any atom is -0.378 e. The van der Waals surface area contributed by atoms with Crippen molar-refractivity contribution in [3.63, 3.8) is 0 Å². The molecule has 0 aromatic heterocycles. The summed E-state index contributed by atoms with van der Waals surface area (Å²) in [4.78, 5) is 2.39. The molecule has 2 fully saturated rings. The first-order valence-corrected chi connectivity index (χ1v) is 7.09. The van der Waals surface area contributed by atoms with E-state index in [-0.39, 0.29) is 0 Å². The maximum Gasteiger partial charge on any atom is 0.0590 e. The van der Waals surface area contributed by atoms with Gasteiger partial charge in [0.25, 0.3) is 0 Å². The molecular formula is C13H27N3O. The standard InChI is InChI=1S/C13H27N3O/c1-3-4-13-11-12(5-10-17-13)14-16-8-6-15(2)7-9-16/h12-14H,3-11H2,1-2H3. The maximum absolute atomic E-state index is 5.79. The van der Waals surface area contributed by atoms with E-state index in [1.807, 2.05) is 0 Å². The summed E-state index contributed by atoms with van der Waals surface area (Å²) >= 11 is 0. The van der Waals surface area contributed by atoms with Crippen molar-refractivity contribution in [1.82, 2.24) is 15.3 Å². The number of hydrazine groups is 1. The monoisotopic (exact) mass is 241 g/mol. The fourth-order valence-corrected chi connectivity index (χ4v) is 2.71. The van der Waals surface area contributed by atoms with Crippen LogP contribution >= 0.6 is 0 Å². The van der Waals surface area contributed by atoms with E-state index in [2.05, 4.69) is 29.3 Å². The van der Waals surface area contributed by atoms with Gasteiger partial charge in [-0.1, -0.05) is 13.3 Å². The molecule has 2 aliphatic heterocycles. The van der Waals surface area contributed by atoms with E-state index >= 15 is 0 Å². The normalized spacial score (nSPS) is 32.8. The van der Waals surface area contributed by atoms with Crippen molar-refractivity contribution in [2.24, 2.45) is 0 Å². The van der Waals surface area contributed by atoms with E-state index in [1.165, 1.54) is 32.4 Å². The first kappa shape index (κ1) is 13.3. The van der Waals surface area contributed by atoms with Crippen LogP contribution in [0.15, 0.2) is 0 Å². The maximum atomic E-state index is 5.79. The molecule has 0 aromatic rings. The van der Waals surface area contributed by atoms with Crippen molar-refractivity contribution in [1.29, 1.82) is 0 Å². The van der Waals surface area contributed by atoms with E-state index < -0.39 is 0 Å².